The fourth-order valence-electron chi connectivity index (χ4n) is 4.41. The molecule has 2 aliphatic carbocycles. The topological polar surface area (TPSA) is 77.7 Å². The lowest BCUT2D eigenvalue weighted by Gasteiger charge is -2.25. The third kappa shape index (κ3) is 3.73. The highest BCUT2D eigenvalue weighted by Gasteiger charge is 2.48. The second-order valence-corrected chi connectivity index (χ2v) is 8.06. The second kappa shape index (κ2) is 6.91. The maximum absolute atomic E-state index is 12.7. The van der Waals surface area contributed by atoms with Crippen molar-refractivity contribution >= 4 is 11.9 Å². The van der Waals surface area contributed by atoms with E-state index in [1.165, 1.54) is 0 Å². The smallest absolute Gasteiger partial charge is 0.312 e. The Labute approximate surface area is 158 Å². The molecule has 6 heteroatoms. The van der Waals surface area contributed by atoms with Crippen LogP contribution in [-0.2, 0) is 28.5 Å². The van der Waals surface area contributed by atoms with E-state index in [4.69, 9.17) is 18.9 Å². The van der Waals surface area contributed by atoms with Crippen molar-refractivity contribution in [2.45, 2.75) is 69.2 Å². The van der Waals surface area contributed by atoms with Crippen LogP contribution < -0.4 is 0 Å². The Bertz CT molecular complexity index is 677. The number of benzene rings is 1. The lowest BCUT2D eigenvalue weighted by atomic mass is 9.89. The Kier molecular flexibility index (Phi) is 4.40. The molecular formula is C21H24O6. The number of hydrogen-bond donors (Lipinski definition) is 0. The van der Waals surface area contributed by atoms with E-state index < -0.39 is 6.29 Å². The average molecular weight is 372 g/mol. The van der Waals surface area contributed by atoms with Gasteiger partial charge in [0.1, 0.15) is 0 Å². The summed E-state index contributed by atoms with van der Waals surface area (Å²) in [7, 11) is 0. The quantitative estimate of drug-likeness (QED) is 0.449. The van der Waals surface area contributed by atoms with Gasteiger partial charge in [-0.1, -0.05) is 30.3 Å². The Morgan fingerprint density at radius 1 is 0.778 bits per heavy atom. The van der Waals surface area contributed by atoms with E-state index in [9.17, 15) is 9.59 Å². The molecule has 27 heavy (non-hydrogen) atoms. The Balaban J connectivity index is 1.25. The summed E-state index contributed by atoms with van der Waals surface area (Å²) in [5, 5.41) is 0. The van der Waals surface area contributed by atoms with Gasteiger partial charge in [-0.3, -0.25) is 9.59 Å². The Hall–Kier alpha value is -1.92. The van der Waals surface area contributed by atoms with Crippen molar-refractivity contribution in [3.8, 4) is 0 Å². The van der Waals surface area contributed by atoms with E-state index in [-0.39, 0.29) is 36.0 Å². The van der Waals surface area contributed by atoms with Gasteiger partial charge in [-0.05, 0) is 38.5 Å². The van der Waals surface area contributed by atoms with Crippen molar-refractivity contribution in [2.24, 2.45) is 11.8 Å². The Morgan fingerprint density at radius 3 is 1.78 bits per heavy atom. The molecule has 1 aromatic rings. The normalized spacial score (nSPS) is 37.3. The van der Waals surface area contributed by atoms with E-state index in [2.05, 4.69) is 0 Å². The predicted molar refractivity (Wildman–Crippen MR) is 93.4 cm³/mol. The zero-order valence-corrected chi connectivity index (χ0v) is 15.1. The van der Waals surface area contributed by atoms with Crippen LogP contribution in [-0.4, -0.2) is 36.4 Å². The molecule has 4 aliphatic rings. The zero-order chi connectivity index (χ0) is 18.4. The number of carbonyl (C=O) groups is 2. The van der Waals surface area contributed by atoms with Gasteiger partial charge in [0, 0.05) is 5.56 Å². The molecule has 0 N–H and O–H groups in total. The van der Waals surface area contributed by atoms with E-state index in [0.717, 1.165) is 25.7 Å². The monoisotopic (exact) mass is 372 g/mol. The molecule has 2 saturated heterocycles. The summed E-state index contributed by atoms with van der Waals surface area (Å²) in [6.07, 6.45) is 4.76. The first-order valence-corrected chi connectivity index (χ1v) is 9.94. The molecule has 2 heterocycles. The van der Waals surface area contributed by atoms with Crippen LogP contribution in [0.25, 0.3) is 0 Å². The van der Waals surface area contributed by atoms with Crippen LogP contribution in [0.3, 0.4) is 0 Å². The number of epoxide rings is 2. The number of ether oxygens (including phenoxy) is 4. The minimum absolute atomic E-state index is 0.186. The molecule has 6 unspecified atom stereocenters. The first kappa shape index (κ1) is 17.2. The van der Waals surface area contributed by atoms with Crippen LogP contribution in [0.1, 0.15) is 50.4 Å². The van der Waals surface area contributed by atoms with Crippen LogP contribution in [0, 0.1) is 11.8 Å². The van der Waals surface area contributed by atoms with Crippen LogP contribution in [0.4, 0.5) is 0 Å². The molecule has 0 bridgehead atoms. The van der Waals surface area contributed by atoms with Crippen molar-refractivity contribution in [3.05, 3.63) is 35.9 Å². The molecular weight excluding hydrogens is 348 g/mol. The molecule has 0 amide bonds. The predicted octanol–water partition coefficient (Wildman–Crippen LogP) is 2.91. The summed E-state index contributed by atoms with van der Waals surface area (Å²) >= 11 is 0. The summed E-state index contributed by atoms with van der Waals surface area (Å²) in [6.45, 7) is 0. The first-order valence-electron chi connectivity index (χ1n) is 9.94. The SMILES string of the molecule is O=C(OC(OC(=O)C1CCC2OC2C1)c1ccccc1)C1CCC2OC2C1. The van der Waals surface area contributed by atoms with E-state index in [1.54, 1.807) is 0 Å². The van der Waals surface area contributed by atoms with Gasteiger partial charge in [-0.15, -0.1) is 0 Å². The van der Waals surface area contributed by atoms with Crippen molar-refractivity contribution in [1.29, 1.82) is 0 Å². The molecule has 6 atom stereocenters. The molecule has 6 nitrogen and oxygen atoms in total. The second-order valence-electron chi connectivity index (χ2n) is 8.06. The minimum Gasteiger partial charge on any atom is -0.420 e. The molecule has 0 spiro atoms. The van der Waals surface area contributed by atoms with Crippen molar-refractivity contribution in [2.75, 3.05) is 0 Å². The van der Waals surface area contributed by atoms with Gasteiger partial charge in [0.05, 0.1) is 36.3 Å². The van der Waals surface area contributed by atoms with Crippen LogP contribution in [0.15, 0.2) is 30.3 Å². The highest BCUT2D eigenvalue weighted by molar-refractivity contribution is 5.75. The Morgan fingerprint density at radius 2 is 1.30 bits per heavy atom. The minimum atomic E-state index is -0.998. The van der Waals surface area contributed by atoms with Crippen LogP contribution >= 0.6 is 0 Å². The highest BCUT2D eigenvalue weighted by Crippen LogP contribution is 2.42. The molecule has 2 aliphatic heterocycles. The van der Waals surface area contributed by atoms with Crippen molar-refractivity contribution < 1.29 is 28.5 Å². The summed E-state index contributed by atoms with van der Waals surface area (Å²) in [5.41, 5.74) is 0.673. The third-order valence-corrected chi connectivity index (χ3v) is 6.19. The van der Waals surface area contributed by atoms with E-state index >= 15 is 0 Å². The van der Waals surface area contributed by atoms with Crippen molar-refractivity contribution in [1.82, 2.24) is 0 Å². The largest absolute Gasteiger partial charge is 0.420 e. The molecule has 1 aromatic carbocycles. The number of carbonyl (C=O) groups excluding carboxylic acids is 2. The number of esters is 2. The fourth-order valence-corrected chi connectivity index (χ4v) is 4.41. The standard InChI is InChI=1S/C21H24O6/c22-19(13-6-8-15-17(10-13)24-15)26-21(12-4-2-1-3-5-12)27-20(23)14-7-9-16-18(11-14)25-16/h1-5,13-18,21H,6-11H2. The number of hydrogen-bond acceptors (Lipinski definition) is 6. The summed E-state index contributed by atoms with van der Waals surface area (Å²) in [6, 6.07) is 9.19. The van der Waals surface area contributed by atoms with Gasteiger partial charge in [-0.2, -0.15) is 0 Å². The lowest BCUT2D eigenvalue weighted by molar-refractivity contribution is -0.196. The van der Waals surface area contributed by atoms with Gasteiger partial charge < -0.3 is 18.9 Å². The maximum atomic E-state index is 12.7. The highest BCUT2D eigenvalue weighted by atomic mass is 16.7. The van der Waals surface area contributed by atoms with E-state index in [1.807, 2.05) is 30.3 Å². The van der Waals surface area contributed by atoms with Gasteiger partial charge in [0.2, 0.25) is 0 Å². The fraction of sp³-hybridized carbons (Fsp3) is 0.619. The maximum Gasteiger partial charge on any atom is 0.312 e. The van der Waals surface area contributed by atoms with Gasteiger partial charge in [0.25, 0.3) is 6.29 Å². The summed E-state index contributed by atoms with van der Waals surface area (Å²) < 4.78 is 22.3. The van der Waals surface area contributed by atoms with Crippen molar-refractivity contribution in [3.63, 3.8) is 0 Å². The van der Waals surface area contributed by atoms with Gasteiger partial charge in [-0.25, -0.2) is 0 Å². The lowest BCUT2D eigenvalue weighted by Crippen LogP contribution is -2.29. The molecule has 4 fully saturated rings. The summed E-state index contributed by atoms with van der Waals surface area (Å²) in [5.74, 6) is -0.984. The van der Waals surface area contributed by atoms with Gasteiger partial charge in [0.15, 0.2) is 0 Å². The molecule has 144 valence electrons. The third-order valence-electron chi connectivity index (χ3n) is 6.19. The summed E-state index contributed by atoms with van der Waals surface area (Å²) in [4.78, 5) is 25.3. The molecule has 0 radical (unpaired) electrons. The molecule has 2 saturated carbocycles. The zero-order valence-electron chi connectivity index (χ0n) is 15.1. The number of rotatable bonds is 5. The molecule has 5 rings (SSSR count). The first-order chi connectivity index (χ1) is 13.2. The average Bonchev–Trinajstić information content (AvgIpc) is 3.60. The number of fused-ring (bicyclic) bond motifs is 2. The van der Waals surface area contributed by atoms with E-state index in [0.29, 0.717) is 30.6 Å². The van der Waals surface area contributed by atoms with Crippen LogP contribution in [0.5, 0.6) is 0 Å². The van der Waals surface area contributed by atoms with Crippen LogP contribution in [0.2, 0.25) is 0 Å². The van der Waals surface area contributed by atoms with Gasteiger partial charge >= 0.3 is 11.9 Å². The molecule has 0 aromatic heterocycles.